The maximum Gasteiger partial charge on any atom is 0.262 e. The Kier molecular flexibility index (Phi) is 6.59. The van der Waals surface area contributed by atoms with Gasteiger partial charge in [-0.3, -0.25) is 19.6 Å². The van der Waals surface area contributed by atoms with Gasteiger partial charge in [0.25, 0.3) is 11.8 Å². The number of rotatable bonds is 7. The number of benzene rings is 2. The minimum absolute atomic E-state index is 0.247. The van der Waals surface area contributed by atoms with Gasteiger partial charge in [0.2, 0.25) is 0 Å². The van der Waals surface area contributed by atoms with E-state index in [9.17, 15) is 14.0 Å². The molecule has 3 N–H and O–H groups in total. The van der Waals surface area contributed by atoms with E-state index in [2.05, 4.69) is 25.7 Å². The smallest absolute Gasteiger partial charge is 0.262 e. The van der Waals surface area contributed by atoms with Crippen LogP contribution < -0.4 is 10.6 Å². The maximum absolute atomic E-state index is 13.3. The molecule has 2 aromatic heterocycles. The van der Waals surface area contributed by atoms with E-state index in [0.29, 0.717) is 26.5 Å². The van der Waals surface area contributed by atoms with Crippen molar-refractivity contribution in [3.63, 3.8) is 0 Å². The summed E-state index contributed by atoms with van der Waals surface area (Å²) in [5.41, 5.74) is 1.83. The monoisotopic (exact) mass is 505 g/mol. The van der Waals surface area contributed by atoms with Crippen molar-refractivity contribution in [2.24, 2.45) is 0 Å². The van der Waals surface area contributed by atoms with Crippen molar-refractivity contribution in [2.75, 3.05) is 18.4 Å². The Hall–Kier alpha value is -3.56. The standard InChI is InChI=1S/C27H28FN5O2S/c1-27(2,19-9-11-20(28)12-10-19)30-25(35)22-15-21-23(31-32-26(21)36-22)29-24(34)18-7-5-17(6-8-18)16-33-13-3-4-14-33/h5-12,15H,3-4,13-14,16H2,1-2H3,(H,30,35)(H2,29,31,32,34). The van der Waals surface area contributed by atoms with Crippen LogP contribution in [0.2, 0.25) is 0 Å². The number of thiophene rings is 1. The summed E-state index contributed by atoms with van der Waals surface area (Å²) in [4.78, 5) is 29.3. The van der Waals surface area contributed by atoms with Crippen LogP contribution in [0.4, 0.5) is 10.2 Å². The fourth-order valence-corrected chi connectivity index (χ4v) is 5.34. The van der Waals surface area contributed by atoms with Crippen LogP contribution in [-0.4, -0.2) is 40.0 Å². The van der Waals surface area contributed by atoms with Gasteiger partial charge in [0.1, 0.15) is 16.5 Å². The van der Waals surface area contributed by atoms with Crippen molar-refractivity contribution < 1.29 is 14.0 Å². The summed E-state index contributed by atoms with van der Waals surface area (Å²) >= 11 is 1.23. The zero-order valence-electron chi connectivity index (χ0n) is 20.2. The summed E-state index contributed by atoms with van der Waals surface area (Å²) in [6.45, 7) is 6.88. The first kappa shape index (κ1) is 24.1. The molecule has 2 amide bonds. The lowest BCUT2D eigenvalue weighted by atomic mass is 9.94. The summed E-state index contributed by atoms with van der Waals surface area (Å²) in [5, 5.41) is 13.7. The number of carbonyl (C=O) groups excluding carboxylic acids is 2. The highest BCUT2D eigenvalue weighted by molar-refractivity contribution is 7.20. The lowest BCUT2D eigenvalue weighted by Crippen LogP contribution is -2.40. The first-order valence-electron chi connectivity index (χ1n) is 12.0. The van der Waals surface area contributed by atoms with Gasteiger partial charge >= 0.3 is 0 Å². The third-order valence-electron chi connectivity index (χ3n) is 6.53. The Balaban J connectivity index is 1.26. The van der Waals surface area contributed by atoms with Crippen LogP contribution in [0.3, 0.4) is 0 Å². The number of H-pyrrole nitrogens is 1. The second-order valence-corrected chi connectivity index (χ2v) is 10.7. The molecule has 0 atom stereocenters. The number of nitrogens with zero attached hydrogens (tertiary/aromatic N) is 2. The molecule has 0 bridgehead atoms. The highest BCUT2D eigenvalue weighted by Gasteiger charge is 2.25. The average molecular weight is 506 g/mol. The number of aromatic amines is 1. The number of carbonyl (C=O) groups is 2. The number of amides is 2. The van der Waals surface area contributed by atoms with E-state index >= 15 is 0 Å². The van der Waals surface area contributed by atoms with Crippen LogP contribution in [0.5, 0.6) is 0 Å². The summed E-state index contributed by atoms with van der Waals surface area (Å²) in [6, 6.07) is 15.4. The number of aromatic nitrogens is 2. The number of anilines is 1. The SMILES string of the molecule is CC(C)(NC(=O)c1cc2c(NC(=O)c3ccc(CN4CCCC4)cc3)[nH]nc2s1)c1ccc(F)cc1. The normalized spacial score (nSPS) is 14.3. The molecule has 0 saturated carbocycles. The van der Waals surface area contributed by atoms with Crippen molar-refractivity contribution in [3.8, 4) is 0 Å². The zero-order chi connectivity index (χ0) is 25.3. The third kappa shape index (κ3) is 5.17. The highest BCUT2D eigenvalue weighted by Crippen LogP contribution is 2.30. The minimum atomic E-state index is -0.698. The highest BCUT2D eigenvalue weighted by atomic mass is 32.1. The van der Waals surface area contributed by atoms with E-state index in [1.165, 1.54) is 41.9 Å². The van der Waals surface area contributed by atoms with Gasteiger partial charge in [-0.25, -0.2) is 4.39 Å². The first-order chi connectivity index (χ1) is 17.3. The van der Waals surface area contributed by atoms with E-state index < -0.39 is 5.54 Å². The molecular formula is C27H28FN5O2S. The molecule has 4 aromatic rings. The van der Waals surface area contributed by atoms with Crippen molar-refractivity contribution in [1.82, 2.24) is 20.4 Å². The van der Waals surface area contributed by atoms with E-state index in [-0.39, 0.29) is 17.6 Å². The molecule has 2 aromatic carbocycles. The molecule has 1 saturated heterocycles. The summed E-state index contributed by atoms with van der Waals surface area (Å²) in [5.74, 6) is -0.391. The zero-order valence-corrected chi connectivity index (χ0v) is 21.0. The predicted octanol–water partition coefficient (Wildman–Crippen LogP) is 5.28. The van der Waals surface area contributed by atoms with Gasteiger partial charge in [-0.05, 0) is 81.2 Å². The van der Waals surface area contributed by atoms with Crippen LogP contribution in [0.25, 0.3) is 10.2 Å². The number of nitrogens with one attached hydrogen (secondary N) is 3. The summed E-state index contributed by atoms with van der Waals surface area (Å²) in [7, 11) is 0. The number of halogens is 1. The van der Waals surface area contributed by atoms with Crippen LogP contribution in [-0.2, 0) is 12.1 Å². The number of fused-ring (bicyclic) bond motifs is 1. The number of hydrogen-bond acceptors (Lipinski definition) is 5. The number of likely N-dealkylation sites (tertiary alicyclic amines) is 1. The molecule has 0 unspecified atom stereocenters. The Morgan fingerprint density at radius 2 is 1.75 bits per heavy atom. The third-order valence-corrected chi connectivity index (χ3v) is 7.55. The predicted molar refractivity (Wildman–Crippen MR) is 140 cm³/mol. The van der Waals surface area contributed by atoms with Gasteiger partial charge in [0, 0.05) is 12.1 Å². The fraction of sp³-hybridized carbons (Fsp3) is 0.296. The van der Waals surface area contributed by atoms with Crippen LogP contribution in [0.1, 0.15) is 57.8 Å². The van der Waals surface area contributed by atoms with E-state index in [1.54, 1.807) is 18.2 Å². The Morgan fingerprint density at radius 3 is 2.44 bits per heavy atom. The quantitative estimate of drug-likeness (QED) is 0.319. The second kappa shape index (κ2) is 9.83. The van der Waals surface area contributed by atoms with Crippen molar-refractivity contribution >= 4 is 39.2 Å². The molecule has 0 radical (unpaired) electrons. The molecule has 36 heavy (non-hydrogen) atoms. The lowest BCUT2D eigenvalue weighted by Gasteiger charge is -2.26. The van der Waals surface area contributed by atoms with Gasteiger partial charge in [-0.2, -0.15) is 5.10 Å². The average Bonchev–Trinajstić information content (AvgIpc) is 3.59. The van der Waals surface area contributed by atoms with E-state index in [0.717, 1.165) is 25.2 Å². The first-order valence-corrected chi connectivity index (χ1v) is 12.8. The molecule has 1 aliphatic rings. The van der Waals surface area contributed by atoms with Gasteiger partial charge in [-0.15, -0.1) is 11.3 Å². The molecule has 5 rings (SSSR count). The van der Waals surface area contributed by atoms with Gasteiger partial charge in [0.15, 0.2) is 0 Å². The molecule has 186 valence electrons. The topological polar surface area (TPSA) is 90.1 Å². The van der Waals surface area contributed by atoms with Gasteiger partial charge in [0.05, 0.1) is 15.8 Å². The molecule has 9 heteroatoms. The van der Waals surface area contributed by atoms with E-state index in [4.69, 9.17) is 0 Å². The molecular weight excluding hydrogens is 477 g/mol. The summed E-state index contributed by atoms with van der Waals surface area (Å²) < 4.78 is 13.3. The van der Waals surface area contributed by atoms with Crippen molar-refractivity contribution in [1.29, 1.82) is 0 Å². The van der Waals surface area contributed by atoms with Crippen molar-refractivity contribution in [3.05, 3.63) is 82.0 Å². The Morgan fingerprint density at radius 1 is 1.06 bits per heavy atom. The lowest BCUT2D eigenvalue weighted by molar-refractivity contribution is 0.0915. The number of hydrogen-bond donors (Lipinski definition) is 3. The minimum Gasteiger partial charge on any atom is -0.342 e. The fourth-order valence-electron chi connectivity index (χ4n) is 4.45. The molecule has 0 aliphatic carbocycles. The molecule has 7 nitrogen and oxygen atoms in total. The molecule has 3 heterocycles. The largest absolute Gasteiger partial charge is 0.342 e. The molecule has 1 fully saturated rings. The van der Waals surface area contributed by atoms with Crippen LogP contribution >= 0.6 is 11.3 Å². The maximum atomic E-state index is 13.3. The van der Waals surface area contributed by atoms with Crippen LogP contribution in [0, 0.1) is 5.82 Å². The molecule has 1 aliphatic heterocycles. The Labute approximate surface area is 212 Å². The van der Waals surface area contributed by atoms with E-state index in [1.807, 2.05) is 38.1 Å². The van der Waals surface area contributed by atoms with Gasteiger partial charge < -0.3 is 10.6 Å². The summed E-state index contributed by atoms with van der Waals surface area (Å²) in [6.07, 6.45) is 2.49. The Bertz CT molecular complexity index is 1390. The van der Waals surface area contributed by atoms with Gasteiger partial charge in [-0.1, -0.05) is 24.3 Å². The molecule has 0 spiro atoms. The van der Waals surface area contributed by atoms with Crippen molar-refractivity contribution in [2.45, 2.75) is 38.8 Å². The second-order valence-electron chi connectivity index (χ2n) is 9.65. The van der Waals surface area contributed by atoms with Crippen LogP contribution in [0.15, 0.2) is 54.6 Å².